The van der Waals surface area contributed by atoms with Gasteiger partial charge < -0.3 is 10.2 Å². The number of halogens is 1. The van der Waals surface area contributed by atoms with E-state index in [0.717, 1.165) is 9.87 Å². The van der Waals surface area contributed by atoms with Crippen LogP contribution in [0.3, 0.4) is 0 Å². The Balaban J connectivity index is 2.32. The van der Waals surface area contributed by atoms with Crippen molar-refractivity contribution >= 4 is 33.4 Å². The highest BCUT2D eigenvalue weighted by atomic mass is 35.5. The van der Waals surface area contributed by atoms with Gasteiger partial charge >= 0.3 is 0 Å². The number of nitrogens with one attached hydrogen (secondary N) is 1. The highest BCUT2D eigenvalue weighted by molar-refractivity contribution is 7.89. The number of rotatable bonds is 11. The molecule has 7 nitrogen and oxygen atoms in total. The summed E-state index contributed by atoms with van der Waals surface area (Å²) in [4.78, 5) is 27.9. The van der Waals surface area contributed by atoms with Gasteiger partial charge in [0.05, 0.1) is 11.4 Å². The quantitative estimate of drug-likeness (QED) is 0.500. The molecule has 0 bridgehead atoms. The maximum atomic E-state index is 13.4. The molecule has 2 amide bonds. The molecular weight excluding hydrogens is 474 g/mol. The Labute approximate surface area is 208 Å². The number of carbonyl (C=O) groups is 2. The van der Waals surface area contributed by atoms with E-state index in [2.05, 4.69) is 5.32 Å². The lowest BCUT2D eigenvalue weighted by Gasteiger charge is -2.32. The summed E-state index contributed by atoms with van der Waals surface area (Å²) in [5.41, 5.74) is 1.61. The highest BCUT2D eigenvalue weighted by Crippen LogP contribution is 2.21. The first kappa shape index (κ1) is 27.8. The van der Waals surface area contributed by atoms with Crippen LogP contribution in [0.5, 0.6) is 0 Å². The Bertz CT molecular complexity index is 1090. The van der Waals surface area contributed by atoms with Crippen LogP contribution in [0.1, 0.15) is 38.3 Å². The van der Waals surface area contributed by atoms with Crippen LogP contribution in [0.2, 0.25) is 5.02 Å². The number of hydrogen-bond acceptors (Lipinski definition) is 4. The van der Waals surface area contributed by atoms with Crippen molar-refractivity contribution in [3.8, 4) is 0 Å². The van der Waals surface area contributed by atoms with Crippen molar-refractivity contribution in [3.63, 3.8) is 0 Å². The molecule has 186 valence electrons. The van der Waals surface area contributed by atoms with E-state index in [-0.39, 0.29) is 23.3 Å². The van der Waals surface area contributed by atoms with Gasteiger partial charge in [0.2, 0.25) is 21.8 Å². The zero-order valence-corrected chi connectivity index (χ0v) is 22.0. The monoisotopic (exact) mass is 507 g/mol. The molecule has 0 saturated carbocycles. The normalized spacial score (nSPS) is 12.6. The molecule has 0 radical (unpaired) electrons. The summed E-state index contributed by atoms with van der Waals surface area (Å²) in [6.07, 6.45) is 0.370. The second-order valence-corrected chi connectivity index (χ2v) is 11.2. The molecule has 9 heteroatoms. The van der Waals surface area contributed by atoms with E-state index < -0.39 is 28.5 Å². The maximum absolute atomic E-state index is 13.4. The van der Waals surface area contributed by atoms with E-state index in [1.54, 1.807) is 36.4 Å². The van der Waals surface area contributed by atoms with Gasteiger partial charge in [0.1, 0.15) is 6.04 Å². The van der Waals surface area contributed by atoms with Crippen molar-refractivity contribution in [1.82, 2.24) is 14.5 Å². The minimum absolute atomic E-state index is 0.0878. The van der Waals surface area contributed by atoms with E-state index in [0.29, 0.717) is 23.6 Å². The molecule has 0 fully saturated rings. The van der Waals surface area contributed by atoms with E-state index in [1.165, 1.54) is 24.1 Å². The second kappa shape index (κ2) is 12.3. The third-order valence-corrected chi connectivity index (χ3v) is 7.64. The number of nitrogens with zero attached hydrogens (tertiary/aromatic N) is 2. The third-order valence-electron chi connectivity index (χ3n) is 5.46. The van der Waals surface area contributed by atoms with Crippen LogP contribution in [0, 0.1) is 12.8 Å². The third kappa shape index (κ3) is 7.29. The number of hydrogen-bond donors (Lipinski definition) is 1. The molecule has 1 atom stereocenters. The Morgan fingerprint density at radius 2 is 1.68 bits per heavy atom. The number of likely N-dealkylation sites (N-methyl/N-ethyl adjacent to an activating group) is 1. The smallest absolute Gasteiger partial charge is 0.243 e. The molecule has 2 rings (SSSR count). The Morgan fingerprint density at radius 1 is 1.06 bits per heavy atom. The average Bonchev–Trinajstić information content (AvgIpc) is 2.78. The van der Waals surface area contributed by atoms with Gasteiger partial charge in [-0.3, -0.25) is 9.59 Å². The van der Waals surface area contributed by atoms with Crippen LogP contribution in [-0.4, -0.2) is 55.6 Å². The molecule has 0 aliphatic rings. The fourth-order valence-corrected chi connectivity index (χ4v) is 4.72. The fraction of sp³-hybridized carbons (Fsp3) is 0.440. The molecule has 0 aliphatic carbocycles. The van der Waals surface area contributed by atoms with E-state index >= 15 is 0 Å². The lowest BCUT2D eigenvalue weighted by atomic mass is 10.1. The lowest BCUT2D eigenvalue weighted by Crippen LogP contribution is -2.52. The summed E-state index contributed by atoms with van der Waals surface area (Å²) in [6, 6.07) is 12.8. The van der Waals surface area contributed by atoms with E-state index in [1.807, 2.05) is 27.7 Å². The minimum Gasteiger partial charge on any atom is -0.354 e. The van der Waals surface area contributed by atoms with Gasteiger partial charge in [-0.15, -0.1) is 0 Å². The van der Waals surface area contributed by atoms with Crippen LogP contribution < -0.4 is 5.32 Å². The molecule has 2 aromatic carbocycles. The Kier molecular flexibility index (Phi) is 10.1. The van der Waals surface area contributed by atoms with Gasteiger partial charge in [0.15, 0.2) is 0 Å². The zero-order valence-electron chi connectivity index (χ0n) is 20.4. The number of carbonyl (C=O) groups excluding carboxylic acids is 2. The van der Waals surface area contributed by atoms with Crippen molar-refractivity contribution in [2.24, 2.45) is 5.92 Å². The van der Waals surface area contributed by atoms with Crippen molar-refractivity contribution in [3.05, 3.63) is 64.7 Å². The van der Waals surface area contributed by atoms with E-state index in [9.17, 15) is 18.0 Å². The largest absolute Gasteiger partial charge is 0.354 e. The van der Waals surface area contributed by atoms with Crippen LogP contribution in [-0.2, 0) is 26.2 Å². The molecule has 0 aromatic heterocycles. The van der Waals surface area contributed by atoms with Crippen LogP contribution >= 0.6 is 11.6 Å². The average molecular weight is 508 g/mol. The lowest BCUT2D eigenvalue weighted by molar-refractivity contribution is -0.141. The van der Waals surface area contributed by atoms with Crippen molar-refractivity contribution in [1.29, 1.82) is 0 Å². The molecule has 2 aromatic rings. The van der Waals surface area contributed by atoms with Gasteiger partial charge in [-0.2, -0.15) is 4.31 Å². The minimum atomic E-state index is -3.88. The van der Waals surface area contributed by atoms with Gasteiger partial charge in [0.25, 0.3) is 0 Å². The second-order valence-electron chi connectivity index (χ2n) is 8.75. The molecule has 0 spiro atoms. The first-order chi connectivity index (χ1) is 16.0. The number of aryl methyl sites for hydroxylation is 1. The summed E-state index contributed by atoms with van der Waals surface area (Å²) >= 11 is 6.33. The van der Waals surface area contributed by atoms with Crippen LogP contribution in [0.25, 0.3) is 0 Å². The fourth-order valence-electron chi connectivity index (χ4n) is 3.41. The van der Waals surface area contributed by atoms with E-state index in [4.69, 9.17) is 11.6 Å². The number of sulfonamides is 1. The molecule has 0 saturated heterocycles. The summed E-state index contributed by atoms with van der Waals surface area (Å²) in [5, 5.41) is 3.36. The van der Waals surface area contributed by atoms with Gasteiger partial charge in [0, 0.05) is 25.2 Å². The molecule has 0 heterocycles. The van der Waals surface area contributed by atoms with Crippen molar-refractivity contribution < 1.29 is 18.0 Å². The number of amides is 2. The molecule has 0 unspecified atom stereocenters. The maximum Gasteiger partial charge on any atom is 0.243 e. The first-order valence-electron chi connectivity index (χ1n) is 11.3. The molecule has 34 heavy (non-hydrogen) atoms. The summed E-state index contributed by atoms with van der Waals surface area (Å²) in [6.45, 7) is 7.81. The Hall–Kier alpha value is -2.42. The standard InChI is InChI=1S/C25H34ClN3O4S/c1-6-23(25(31)27-15-18(2)3)29(16-20-9-7-8-10-22(20)26)24(30)17-28(5)34(32,33)21-13-11-19(4)12-14-21/h7-14,18,23H,6,15-17H2,1-5H3,(H,27,31)/t23-/m1/s1. The zero-order chi connectivity index (χ0) is 25.5. The highest BCUT2D eigenvalue weighted by Gasteiger charge is 2.32. The number of benzene rings is 2. The molecule has 0 aliphatic heterocycles. The summed E-state index contributed by atoms with van der Waals surface area (Å²) < 4.78 is 27.1. The predicted octanol–water partition coefficient (Wildman–Crippen LogP) is 3.85. The SMILES string of the molecule is CC[C@H](C(=O)NCC(C)C)N(Cc1ccccc1Cl)C(=O)CN(C)S(=O)(=O)c1ccc(C)cc1. The summed E-state index contributed by atoms with van der Waals surface area (Å²) in [5.74, 6) is -0.509. The Morgan fingerprint density at radius 3 is 2.24 bits per heavy atom. The first-order valence-corrected chi connectivity index (χ1v) is 13.1. The van der Waals surface area contributed by atoms with Gasteiger partial charge in [-0.25, -0.2) is 8.42 Å². The van der Waals surface area contributed by atoms with Gasteiger partial charge in [-0.05, 0) is 43.0 Å². The van der Waals surface area contributed by atoms with Crippen LogP contribution in [0.15, 0.2) is 53.4 Å². The molecular formula is C25H34ClN3O4S. The summed E-state index contributed by atoms with van der Waals surface area (Å²) in [7, 11) is -2.52. The molecule has 1 N–H and O–H groups in total. The van der Waals surface area contributed by atoms with Crippen molar-refractivity contribution in [2.45, 2.75) is 51.6 Å². The predicted molar refractivity (Wildman–Crippen MR) is 135 cm³/mol. The van der Waals surface area contributed by atoms with Gasteiger partial charge in [-0.1, -0.05) is 68.3 Å². The van der Waals surface area contributed by atoms with Crippen molar-refractivity contribution in [2.75, 3.05) is 20.1 Å². The topological polar surface area (TPSA) is 86.8 Å². The van der Waals surface area contributed by atoms with Crippen LogP contribution in [0.4, 0.5) is 0 Å².